The zero-order valence-electron chi connectivity index (χ0n) is 13.2. The molecule has 0 unspecified atom stereocenters. The molecule has 7 nitrogen and oxygen atoms in total. The first kappa shape index (κ1) is 17.6. The Bertz CT molecular complexity index is 822. The maximum absolute atomic E-state index is 8.11. The standard InChI is InChI=1S/C16H15Cl2N5O2/c17-11-2-1-10(7-12(11)18)13-8-14(21-9-20-13)15(19)22-16(24)23-3-5-25-6-4-23/h1-2,7-9H,3-6H2,(H2,19,22,24)/p+1. The lowest BCUT2D eigenvalue weighted by atomic mass is 10.1. The number of benzene rings is 1. The molecule has 1 aromatic carbocycles. The molecule has 130 valence electrons. The van der Waals surface area contributed by atoms with E-state index in [4.69, 9.17) is 38.5 Å². The molecular formula is C16H16Cl2N5O2+. The average molecular weight is 381 g/mol. The maximum atomic E-state index is 8.11. The van der Waals surface area contributed by atoms with Gasteiger partial charge >= 0.3 is 6.02 Å². The zero-order chi connectivity index (χ0) is 17.8. The number of morpholine rings is 1. The van der Waals surface area contributed by atoms with Gasteiger partial charge in [-0.1, -0.05) is 29.3 Å². The van der Waals surface area contributed by atoms with Crippen LogP contribution < -0.4 is 0 Å². The third-order valence-electron chi connectivity index (χ3n) is 3.65. The molecule has 0 atom stereocenters. The largest absolute Gasteiger partial charge is 0.565 e. The van der Waals surface area contributed by atoms with Crippen LogP contribution in [-0.2, 0) is 4.74 Å². The minimum atomic E-state index is -0.0970. The van der Waals surface area contributed by atoms with E-state index < -0.39 is 0 Å². The molecule has 25 heavy (non-hydrogen) atoms. The molecule has 1 aliphatic rings. The van der Waals surface area contributed by atoms with Crippen molar-refractivity contribution in [3.05, 3.63) is 46.3 Å². The number of hydrogen-bond donors (Lipinski definition) is 1. The van der Waals surface area contributed by atoms with Gasteiger partial charge < -0.3 is 9.84 Å². The molecular weight excluding hydrogens is 365 g/mol. The highest BCUT2D eigenvalue weighted by molar-refractivity contribution is 6.42. The summed E-state index contributed by atoms with van der Waals surface area (Å²) in [6, 6.07) is 6.84. The molecule has 0 amide bonds. The number of rotatable bonds is 2. The summed E-state index contributed by atoms with van der Waals surface area (Å²) < 4.78 is 5.25. The highest BCUT2D eigenvalue weighted by Gasteiger charge is 2.19. The smallest absolute Gasteiger partial charge is 0.445 e. The van der Waals surface area contributed by atoms with Crippen molar-refractivity contribution >= 4 is 35.1 Å². The summed E-state index contributed by atoms with van der Waals surface area (Å²) >= 11 is 12.0. The third kappa shape index (κ3) is 4.25. The van der Waals surface area contributed by atoms with Gasteiger partial charge in [0.2, 0.25) is 0 Å². The topological polar surface area (TPSA) is 97.4 Å². The Morgan fingerprint density at radius 1 is 1.16 bits per heavy atom. The first-order valence-electron chi connectivity index (χ1n) is 7.54. The van der Waals surface area contributed by atoms with Crippen molar-refractivity contribution < 1.29 is 9.84 Å². The number of amidine groups is 2. The van der Waals surface area contributed by atoms with E-state index in [-0.39, 0.29) is 11.9 Å². The van der Waals surface area contributed by atoms with Crippen LogP contribution in [0, 0.1) is 5.41 Å². The SMILES string of the molecule is N=C(N=C([OH2+])N1CCOCC1)c1cc(-c2ccc(Cl)c(Cl)c2)ncn1. The summed E-state index contributed by atoms with van der Waals surface area (Å²) in [5.74, 6) is -0.0970. The van der Waals surface area contributed by atoms with Gasteiger partial charge in [-0.25, -0.2) is 9.97 Å². The van der Waals surface area contributed by atoms with Crippen molar-refractivity contribution in [1.82, 2.24) is 14.9 Å². The molecule has 1 saturated heterocycles. The number of aliphatic imine (C=N–C) groups is 1. The van der Waals surface area contributed by atoms with Gasteiger partial charge in [-0.15, -0.1) is 4.99 Å². The maximum Gasteiger partial charge on any atom is 0.445 e. The zero-order valence-corrected chi connectivity index (χ0v) is 14.7. The third-order valence-corrected chi connectivity index (χ3v) is 4.39. The van der Waals surface area contributed by atoms with Crippen molar-refractivity contribution in [2.24, 2.45) is 4.99 Å². The monoisotopic (exact) mass is 380 g/mol. The van der Waals surface area contributed by atoms with Gasteiger partial charge in [-0.3, -0.25) is 10.3 Å². The molecule has 0 spiro atoms. The number of aromatic nitrogens is 2. The summed E-state index contributed by atoms with van der Waals surface area (Å²) in [6.07, 6.45) is 1.36. The molecule has 2 aromatic rings. The van der Waals surface area contributed by atoms with Gasteiger partial charge in [-0.2, -0.15) is 0 Å². The van der Waals surface area contributed by atoms with Crippen LogP contribution >= 0.6 is 23.2 Å². The minimum absolute atomic E-state index is 0.0306. The van der Waals surface area contributed by atoms with Crippen LogP contribution in [0.15, 0.2) is 35.6 Å². The fourth-order valence-electron chi connectivity index (χ4n) is 2.31. The van der Waals surface area contributed by atoms with E-state index in [0.717, 1.165) is 5.56 Å². The molecule has 1 aromatic heterocycles. The van der Waals surface area contributed by atoms with Gasteiger partial charge in [0.15, 0.2) is 5.84 Å². The molecule has 1 aliphatic heterocycles. The molecule has 2 heterocycles. The summed E-state index contributed by atoms with van der Waals surface area (Å²) in [5.41, 5.74) is 1.68. The normalized spacial score (nSPS) is 15.3. The van der Waals surface area contributed by atoms with Crippen molar-refractivity contribution in [1.29, 1.82) is 5.41 Å². The van der Waals surface area contributed by atoms with Crippen LogP contribution in [0.2, 0.25) is 10.0 Å². The second kappa shape index (κ2) is 7.77. The van der Waals surface area contributed by atoms with Crippen LogP contribution in [-0.4, -0.2) is 58.1 Å². The first-order valence-corrected chi connectivity index (χ1v) is 8.29. The first-order chi connectivity index (χ1) is 12.0. The highest BCUT2D eigenvalue weighted by Crippen LogP contribution is 2.27. The minimum Gasteiger partial charge on any atom is -0.565 e. The summed E-state index contributed by atoms with van der Waals surface area (Å²) in [4.78, 5) is 14.1. The van der Waals surface area contributed by atoms with Crippen LogP contribution in [0.25, 0.3) is 11.3 Å². The van der Waals surface area contributed by atoms with Gasteiger partial charge in [0.25, 0.3) is 0 Å². The van der Waals surface area contributed by atoms with E-state index in [1.807, 2.05) is 0 Å². The molecule has 1 fully saturated rings. The molecule has 0 saturated carbocycles. The Balaban J connectivity index is 1.82. The number of nitrogens with one attached hydrogen (secondary N) is 1. The Labute approximate surface area is 154 Å². The predicted octanol–water partition coefficient (Wildman–Crippen LogP) is 2.19. The van der Waals surface area contributed by atoms with Crippen LogP contribution in [0.3, 0.4) is 0 Å². The lowest BCUT2D eigenvalue weighted by Gasteiger charge is -2.23. The number of nitrogens with zero attached hydrogens (tertiary/aromatic N) is 4. The van der Waals surface area contributed by atoms with Crippen molar-refractivity contribution in [3.8, 4) is 11.3 Å². The Kier molecular flexibility index (Phi) is 5.47. The molecule has 0 bridgehead atoms. The fraction of sp³-hybridized carbons (Fsp3) is 0.250. The molecule has 9 heteroatoms. The molecule has 0 radical (unpaired) electrons. The van der Waals surface area contributed by atoms with Crippen LogP contribution in [0.5, 0.6) is 0 Å². The van der Waals surface area contributed by atoms with Crippen LogP contribution in [0.4, 0.5) is 0 Å². The van der Waals surface area contributed by atoms with E-state index in [9.17, 15) is 0 Å². The number of hydrogen-bond acceptors (Lipinski definition) is 4. The Morgan fingerprint density at radius 3 is 2.64 bits per heavy atom. The van der Waals surface area contributed by atoms with Gasteiger partial charge in [-0.05, 0) is 18.2 Å². The number of halogens is 2. The molecule has 3 rings (SSSR count). The van der Waals surface area contributed by atoms with E-state index in [2.05, 4.69) is 15.0 Å². The van der Waals surface area contributed by atoms with E-state index in [0.29, 0.717) is 47.7 Å². The highest BCUT2D eigenvalue weighted by atomic mass is 35.5. The second-order valence-electron chi connectivity index (χ2n) is 5.30. The second-order valence-corrected chi connectivity index (χ2v) is 6.12. The average Bonchev–Trinajstić information content (AvgIpc) is 2.64. The number of ether oxygens (including phenoxy) is 1. The van der Waals surface area contributed by atoms with E-state index in [1.165, 1.54) is 6.33 Å². The fourth-order valence-corrected chi connectivity index (χ4v) is 2.61. The summed E-state index contributed by atoms with van der Waals surface area (Å²) in [5, 5.41) is 17.0. The predicted molar refractivity (Wildman–Crippen MR) is 97.8 cm³/mol. The lowest BCUT2D eigenvalue weighted by molar-refractivity contribution is 0.0606. The van der Waals surface area contributed by atoms with E-state index in [1.54, 1.807) is 29.2 Å². The Hall–Kier alpha value is -2.22. The van der Waals surface area contributed by atoms with Gasteiger partial charge in [0.1, 0.15) is 12.0 Å². The van der Waals surface area contributed by atoms with Crippen molar-refractivity contribution in [2.75, 3.05) is 26.3 Å². The Morgan fingerprint density at radius 2 is 1.92 bits per heavy atom. The molecule has 3 N–H and O–H groups in total. The van der Waals surface area contributed by atoms with Gasteiger partial charge in [0, 0.05) is 5.56 Å². The quantitative estimate of drug-likeness (QED) is 0.490. The van der Waals surface area contributed by atoms with Crippen LogP contribution in [0.1, 0.15) is 5.69 Å². The van der Waals surface area contributed by atoms with Crippen molar-refractivity contribution in [2.45, 2.75) is 0 Å². The summed E-state index contributed by atoms with van der Waals surface area (Å²) in [6.45, 7) is 2.29. The van der Waals surface area contributed by atoms with Crippen molar-refractivity contribution in [3.63, 3.8) is 0 Å². The van der Waals surface area contributed by atoms with Gasteiger partial charge in [0.05, 0.1) is 42.0 Å². The lowest BCUT2D eigenvalue weighted by Crippen LogP contribution is -2.41. The summed E-state index contributed by atoms with van der Waals surface area (Å²) in [7, 11) is 0. The van der Waals surface area contributed by atoms with E-state index >= 15 is 0 Å². The molecule has 0 aliphatic carbocycles.